The molecule has 198 valence electrons. The number of rotatable bonds is 7. The largest absolute Gasteiger partial charge is 0.497 e. The fourth-order valence-corrected chi connectivity index (χ4v) is 7.76. The maximum atomic E-state index is 14.2. The van der Waals surface area contributed by atoms with Crippen LogP contribution in [0.4, 0.5) is 0 Å². The third-order valence-electron chi connectivity index (χ3n) is 6.87. The monoisotopic (exact) mass is 593 g/mol. The second kappa shape index (κ2) is 11.4. The summed E-state index contributed by atoms with van der Waals surface area (Å²) >= 11 is 15.7. The molecule has 0 aliphatic carbocycles. The number of nitrogens with zero attached hydrogens (tertiary/aromatic N) is 3. The molecule has 1 aliphatic rings. The van der Waals surface area contributed by atoms with Crippen molar-refractivity contribution >= 4 is 56.5 Å². The van der Waals surface area contributed by atoms with Gasteiger partial charge in [0.1, 0.15) is 10.6 Å². The average molecular weight is 595 g/mol. The van der Waals surface area contributed by atoms with E-state index in [1.165, 1.54) is 22.2 Å². The highest BCUT2D eigenvalue weighted by Crippen LogP contribution is 2.36. The van der Waals surface area contributed by atoms with Crippen LogP contribution in [0.15, 0.2) is 82.7 Å². The standard InChI is InChI=1S/C30H25Cl2N3O2S2/c1-37-23-11-9-22(10-12-23)35-29(36)27-24-13-14-34(16-19-5-3-2-4-6-19)17-26(24)39-28(27)33-30(35)38-18-20-7-8-21(31)15-25(20)32/h2-12,15H,13-14,16-18H2,1H3. The molecule has 0 bridgehead atoms. The number of hydrogen-bond acceptors (Lipinski definition) is 6. The minimum atomic E-state index is -0.0381. The highest BCUT2D eigenvalue weighted by Gasteiger charge is 2.26. The summed E-state index contributed by atoms with van der Waals surface area (Å²) in [5.74, 6) is 1.29. The first-order chi connectivity index (χ1) is 19.0. The van der Waals surface area contributed by atoms with E-state index >= 15 is 0 Å². The molecule has 0 saturated carbocycles. The van der Waals surface area contributed by atoms with Crippen molar-refractivity contribution in [2.24, 2.45) is 0 Å². The molecule has 0 radical (unpaired) electrons. The smallest absolute Gasteiger partial charge is 0.267 e. The predicted molar refractivity (Wildman–Crippen MR) is 162 cm³/mol. The molecule has 9 heteroatoms. The summed E-state index contributed by atoms with van der Waals surface area (Å²) in [6.45, 7) is 2.61. The number of aromatic nitrogens is 2. The topological polar surface area (TPSA) is 47.4 Å². The van der Waals surface area contributed by atoms with Gasteiger partial charge in [-0.2, -0.15) is 0 Å². The summed E-state index contributed by atoms with van der Waals surface area (Å²) in [4.78, 5) is 23.7. The molecule has 0 spiro atoms. The molecule has 6 rings (SSSR count). The first kappa shape index (κ1) is 26.4. The molecule has 0 atom stereocenters. The van der Waals surface area contributed by atoms with E-state index in [9.17, 15) is 4.79 Å². The van der Waals surface area contributed by atoms with Crippen LogP contribution < -0.4 is 10.3 Å². The molecule has 0 amide bonds. The van der Waals surface area contributed by atoms with Crippen LogP contribution in [0.25, 0.3) is 15.9 Å². The molecule has 3 heterocycles. The van der Waals surface area contributed by atoms with Crippen LogP contribution in [0.5, 0.6) is 5.75 Å². The highest BCUT2D eigenvalue weighted by molar-refractivity contribution is 7.98. The Hall–Kier alpha value is -2.81. The van der Waals surface area contributed by atoms with Crippen LogP contribution in [0.3, 0.4) is 0 Å². The van der Waals surface area contributed by atoms with E-state index in [-0.39, 0.29) is 5.56 Å². The molecule has 0 fully saturated rings. The fourth-order valence-electron chi connectivity index (χ4n) is 4.89. The number of methoxy groups -OCH3 is 1. The Morgan fingerprint density at radius 2 is 1.85 bits per heavy atom. The zero-order chi connectivity index (χ0) is 26.9. The van der Waals surface area contributed by atoms with Gasteiger partial charge in [-0.3, -0.25) is 14.3 Å². The molecule has 5 nitrogen and oxygen atoms in total. The summed E-state index contributed by atoms with van der Waals surface area (Å²) in [6, 6.07) is 23.5. The first-order valence-corrected chi connectivity index (χ1v) is 15.1. The van der Waals surface area contributed by atoms with Crippen LogP contribution in [-0.4, -0.2) is 28.1 Å². The van der Waals surface area contributed by atoms with E-state index in [4.69, 9.17) is 32.9 Å². The minimum absolute atomic E-state index is 0.0381. The van der Waals surface area contributed by atoms with Gasteiger partial charge in [-0.1, -0.05) is 71.4 Å². The van der Waals surface area contributed by atoms with E-state index < -0.39 is 0 Å². The minimum Gasteiger partial charge on any atom is -0.497 e. The average Bonchev–Trinajstić information content (AvgIpc) is 3.31. The van der Waals surface area contributed by atoms with Gasteiger partial charge in [0.15, 0.2) is 5.16 Å². The van der Waals surface area contributed by atoms with Gasteiger partial charge in [0.2, 0.25) is 0 Å². The summed E-state index contributed by atoms with van der Waals surface area (Å²) in [7, 11) is 1.63. The highest BCUT2D eigenvalue weighted by atomic mass is 35.5. The summed E-state index contributed by atoms with van der Waals surface area (Å²) in [6.07, 6.45) is 0.828. The summed E-state index contributed by atoms with van der Waals surface area (Å²) in [5.41, 5.74) is 4.08. The summed E-state index contributed by atoms with van der Waals surface area (Å²) < 4.78 is 7.06. The van der Waals surface area contributed by atoms with Gasteiger partial charge in [0, 0.05) is 40.3 Å². The van der Waals surface area contributed by atoms with Crippen molar-refractivity contribution in [2.45, 2.75) is 30.4 Å². The van der Waals surface area contributed by atoms with Crippen molar-refractivity contribution in [3.05, 3.63) is 115 Å². The van der Waals surface area contributed by atoms with Crippen LogP contribution >= 0.6 is 46.3 Å². The lowest BCUT2D eigenvalue weighted by Gasteiger charge is -2.26. The Kier molecular flexibility index (Phi) is 7.69. The molecular formula is C30H25Cl2N3O2S2. The molecule has 3 aromatic carbocycles. The summed E-state index contributed by atoms with van der Waals surface area (Å²) in [5, 5.41) is 2.55. The second-order valence-corrected chi connectivity index (χ2v) is 12.3. The number of benzene rings is 3. The number of thioether (sulfide) groups is 1. The van der Waals surface area contributed by atoms with Gasteiger partial charge in [-0.15, -0.1) is 11.3 Å². The lowest BCUT2D eigenvalue weighted by atomic mass is 10.0. The van der Waals surface area contributed by atoms with Crippen molar-refractivity contribution < 1.29 is 4.74 Å². The van der Waals surface area contributed by atoms with Gasteiger partial charge in [0.05, 0.1) is 18.2 Å². The van der Waals surface area contributed by atoms with Crippen LogP contribution in [0, 0.1) is 0 Å². The lowest BCUT2D eigenvalue weighted by molar-refractivity contribution is 0.249. The number of halogens is 2. The zero-order valence-electron chi connectivity index (χ0n) is 21.2. The van der Waals surface area contributed by atoms with E-state index in [1.807, 2.05) is 42.5 Å². The van der Waals surface area contributed by atoms with Crippen molar-refractivity contribution in [2.75, 3.05) is 13.7 Å². The normalized spacial score (nSPS) is 13.5. The van der Waals surface area contributed by atoms with E-state index in [0.717, 1.165) is 58.8 Å². The molecule has 1 aliphatic heterocycles. The Morgan fingerprint density at radius 3 is 2.59 bits per heavy atom. The van der Waals surface area contributed by atoms with Crippen molar-refractivity contribution in [1.82, 2.24) is 14.5 Å². The molecule has 0 unspecified atom stereocenters. The number of thiophene rings is 1. The third-order valence-corrected chi connectivity index (χ3v) is 9.56. The Bertz CT molecular complexity index is 1700. The second-order valence-electron chi connectivity index (χ2n) is 9.39. The molecule has 0 N–H and O–H groups in total. The zero-order valence-corrected chi connectivity index (χ0v) is 24.3. The van der Waals surface area contributed by atoms with E-state index in [1.54, 1.807) is 29.1 Å². The van der Waals surface area contributed by atoms with E-state index in [0.29, 0.717) is 21.0 Å². The fraction of sp³-hybridized carbons (Fsp3) is 0.200. The molecular weight excluding hydrogens is 569 g/mol. The predicted octanol–water partition coefficient (Wildman–Crippen LogP) is 7.61. The SMILES string of the molecule is COc1ccc(-n2c(SCc3ccc(Cl)cc3Cl)nc3sc4c(c3c2=O)CCN(Cc2ccccc2)C4)cc1. The van der Waals surface area contributed by atoms with Gasteiger partial charge in [-0.05, 0) is 59.5 Å². The lowest BCUT2D eigenvalue weighted by Crippen LogP contribution is -2.30. The quantitative estimate of drug-likeness (QED) is 0.143. The van der Waals surface area contributed by atoms with Gasteiger partial charge in [0.25, 0.3) is 5.56 Å². The molecule has 39 heavy (non-hydrogen) atoms. The number of ether oxygens (including phenoxy) is 1. The van der Waals surface area contributed by atoms with Crippen LogP contribution in [-0.2, 0) is 25.3 Å². The Balaban J connectivity index is 1.40. The number of fused-ring (bicyclic) bond motifs is 3. The van der Waals surface area contributed by atoms with Gasteiger partial charge in [-0.25, -0.2) is 4.98 Å². The number of hydrogen-bond donors (Lipinski definition) is 0. The maximum Gasteiger partial charge on any atom is 0.267 e. The van der Waals surface area contributed by atoms with Gasteiger partial charge < -0.3 is 4.74 Å². The van der Waals surface area contributed by atoms with Crippen molar-refractivity contribution in [3.63, 3.8) is 0 Å². The third kappa shape index (κ3) is 5.47. The molecule has 0 saturated heterocycles. The van der Waals surface area contributed by atoms with Crippen LogP contribution in [0.2, 0.25) is 10.0 Å². The van der Waals surface area contributed by atoms with Gasteiger partial charge >= 0.3 is 0 Å². The van der Waals surface area contributed by atoms with Crippen molar-refractivity contribution in [1.29, 1.82) is 0 Å². The van der Waals surface area contributed by atoms with E-state index in [2.05, 4.69) is 29.2 Å². The maximum absolute atomic E-state index is 14.2. The molecule has 2 aromatic heterocycles. The molecule has 5 aromatic rings. The van der Waals surface area contributed by atoms with Crippen molar-refractivity contribution in [3.8, 4) is 11.4 Å². The Morgan fingerprint density at radius 1 is 1.05 bits per heavy atom. The first-order valence-electron chi connectivity index (χ1n) is 12.5. The Labute approximate surface area is 245 Å². The van der Waals surface area contributed by atoms with Crippen LogP contribution in [0.1, 0.15) is 21.6 Å².